The van der Waals surface area contributed by atoms with Gasteiger partial charge in [0, 0.05) is 37.2 Å². The van der Waals surface area contributed by atoms with Gasteiger partial charge in [0.25, 0.3) is 0 Å². The molecule has 1 atom stereocenters. The van der Waals surface area contributed by atoms with Crippen LogP contribution in [0.2, 0.25) is 5.02 Å². The van der Waals surface area contributed by atoms with E-state index in [-0.39, 0.29) is 36.7 Å². The number of piperazine rings is 1. The topological polar surface area (TPSA) is 15.3 Å². The van der Waals surface area contributed by atoms with Crippen LogP contribution in [-0.4, -0.2) is 31.1 Å². The zero-order valence-corrected chi connectivity index (χ0v) is 15.4. The third-order valence-electron chi connectivity index (χ3n) is 3.99. The Labute approximate surface area is 150 Å². The summed E-state index contributed by atoms with van der Waals surface area (Å²) >= 11 is 6.31. The van der Waals surface area contributed by atoms with Crippen LogP contribution >= 0.6 is 36.4 Å². The molecule has 1 N–H and O–H groups in total. The fourth-order valence-electron chi connectivity index (χ4n) is 2.89. The van der Waals surface area contributed by atoms with Gasteiger partial charge in [0.2, 0.25) is 0 Å². The van der Waals surface area contributed by atoms with E-state index in [9.17, 15) is 4.39 Å². The van der Waals surface area contributed by atoms with E-state index < -0.39 is 0 Å². The first-order valence-corrected chi connectivity index (χ1v) is 8.00. The van der Waals surface area contributed by atoms with E-state index in [4.69, 9.17) is 11.6 Å². The highest BCUT2D eigenvalue weighted by molar-refractivity contribution is 6.31. The van der Waals surface area contributed by atoms with E-state index in [1.165, 1.54) is 18.9 Å². The first-order valence-electron chi connectivity index (χ1n) is 7.62. The van der Waals surface area contributed by atoms with Crippen LogP contribution in [-0.2, 0) is 0 Å². The van der Waals surface area contributed by atoms with Crippen LogP contribution in [0.4, 0.5) is 4.39 Å². The van der Waals surface area contributed by atoms with Crippen molar-refractivity contribution in [3.05, 3.63) is 34.6 Å². The monoisotopic (exact) mass is 370 g/mol. The lowest BCUT2D eigenvalue weighted by Gasteiger charge is -2.35. The smallest absolute Gasteiger partial charge is 0.123 e. The van der Waals surface area contributed by atoms with Gasteiger partial charge in [-0.15, -0.1) is 24.8 Å². The Hall–Kier alpha value is -0.0600. The molecule has 6 heteroatoms. The number of rotatable bonds is 6. The molecule has 0 spiro atoms. The van der Waals surface area contributed by atoms with Gasteiger partial charge in [-0.25, -0.2) is 4.39 Å². The standard InChI is InChI=1S/C16H24ClFN2.2ClH/c1-2-3-4-5-16(20-10-8-19-9-11-20)14-12-13(18)6-7-15(14)17;;/h6-7,12,16,19H,2-5,8-11H2,1H3;2*1H/t16-;;/m1../s1. The van der Waals surface area contributed by atoms with Crippen molar-refractivity contribution in [2.45, 2.75) is 38.6 Å². The van der Waals surface area contributed by atoms with Crippen molar-refractivity contribution < 1.29 is 4.39 Å². The summed E-state index contributed by atoms with van der Waals surface area (Å²) in [4.78, 5) is 2.44. The van der Waals surface area contributed by atoms with Crippen LogP contribution in [0.3, 0.4) is 0 Å². The van der Waals surface area contributed by atoms with E-state index in [2.05, 4.69) is 17.1 Å². The zero-order valence-electron chi connectivity index (χ0n) is 13.0. The van der Waals surface area contributed by atoms with Crippen molar-refractivity contribution >= 4 is 36.4 Å². The summed E-state index contributed by atoms with van der Waals surface area (Å²) in [6.07, 6.45) is 4.63. The van der Waals surface area contributed by atoms with Crippen LogP contribution in [0.5, 0.6) is 0 Å². The molecule has 1 aliphatic rings. The molecule has 1 aromatic rings. The minimum absolute atomic E-state index is 0. The van der Waals surface area contributed by atoms with Crippen LogP contribution in [0.15, 0.2) is 18.2 Å². The molecule has 0 amide bonds. The number of nitrogens with one attached hydrogen (secondary N) is 1. The molecule has 0 saturated carbocycles. The van der Waals surface area contributed by atoms with E-state index in [0.29, 0.717) is 5.02 Å². The lowest BCUT2D eigenvalue weighted by atomic mass is 9.98. The lowest BCUT2D eigenvalue weighted by Crippen LogP contribution is -2.45. The van der Waals surface area contributed by atoms with Gasteiger partial charge < -0.3 is 5.32 Å². The largest absolute Gasteiger partial charge is 0.314 e. The van der Waals surface area contributed by atoms with Gasteiger partial charge in [0.1, 0.15) is 5.82 Å². The van der Waals surface area contributed by atoms with Gasteiger partial charge in [-0.2, -0.15) is 0 Å². The fraction of sp³-hybridized carbons (Fsp3) is 0.625. The molecule has 0 unspecified atom stereocenters. The fourth-order valence-corrected chi connectivity index (χ4v) is 3.13. The molecule has 1 heterocycles. The van der Waals surface area contributed by atoms with Gasteiger partial charge in [0.15, 0.2) is 0 Å². The number of hydrogen-bond acceptors (Lipinski definition) is 2. The molecule has 2 rings (SSSR count). The molecule has 0 bridgehead atoms. The highest BCUT2D eigenvalue weighted by atomic mass is 35.5. The Morgan fingerprint density at radius 1 is 1.23 bits per heavy atom. The number of hydrogen-bond donors (Lipinski definition) is 1. The second kappa shape index (κ2) is 11.5. The Morgan fingerprint density at radius 2 is 1.91 bits per heavy atom. The van der Waals surface area contributed by atoms with E-state index in [0.717, 1.165) is 44.6 Å². The summed E-state index contributed by atoms with van der Waals surface area (Å²) in [5.41, 5.74) is 0.949. The number of unbranched alkanes of at least 4 members (excludes halogenated alkanes) is 2. The van der Waals surface area contributed by atoms with Crippen LogP contribution in [0.25, 0.3) is 0 Å². The summed E-state index contributed by atoms with van der Waals surface area (Å²) in [6, 6.07) is 4.97. The average molecular weight is 372 g/mol. The first kappa shape index (κ1) is 21.9. The summed E-state index contributed by atoms with van der Waals surface area (Å²) < 4.78 is 13.6. The van der Waals surface area contributed by atoms with Crippen molar-refractivity contribution in [1.82, 2.24) is 10.2 Å². The predicted octanol–water partition coefficient (Wildman–Crippen LogP) is 4.85. The molecule has 1 saturated heterocycles. The highest BCUT2D eigenvalue weighted by Crippen LogP contribution is 2.32. The second-order valence-corrected chi connectivity index (χ2v) is 5.87. The summed E-state index contributed by atoms with van der Waals surface area (Å²) in [5, 5.41) is 4.05. The Morgan fingerprint density at radius 3 is 2.55 bits per heavy atom. The SMILES string of the molecule is CCCCC[C@H](c1cc(F)ccc1Cl)N1CCNCC1.Cl.Cl. The highest BCUT2D eigenvalue weighted by Gasteiger charge is 2.23. The number of nitrogens with zero attached hydrogens (tertiary/aromatic N) is 1. The Bertz CT molecular complexity index is 426. The maximum absolute atomic E-state index is 13.6. The zero-order chi connectivity index (χ0) is 14.4. The Balaban J connectivity index is 0.00000220. The molecule has 1 fully saturated rings. The molecule has 22 heavy (non-hydrogen) atoms. The third-order valence-corrected chi connectivity index (χ3v) is 4.33. The van der Waals surface area contributed by atoms with Crippen molar-refractivity contribution in [1.29, 1.82) is 0 Å². The van der Waals surface area contributed by atoms with Crippen LogP contribution < -0.4 is 5.32 Å². The average Bonchev–Trinajstić information content (AvgIpc) is 2.48. The molecule has 0 aliphatic carbocycles. The predicted molar refractivity (Wildman–Crippen MR) is 97.2 cm³/mol. The molecule has 2 nitrogen and oxygen atoms in total. The quantitative estimate of drug-likeness (QED) is 0.719. The minimum Gasteiger partial charge on any atom is -0.314 e. The maximum Gasteiger partial charge on any atom is 0.123 e. The number of halogens is 4. The second-order valence-electron chi connectivity index (χ2n) is 5.46. The normalized spacial score (nSPS) is 16.5. The molecule has 0 aromatic heterocycles. The maximum atomic E-state index is 13.6. The minimum atomic E-state index is -0.194. The first-order chi connectivity index (χ1) is 9.72. The van der Waals surface area contributed by atoms with Crippen molar-refractivity contribution in [3.8, 4) is 0 Å². The summed E-state index contributed by atoms with van der Waals surface area (Å²) in [7, 11) is 0. The van der Waals surface area contributed by atoms with Crippen LogP contribution in [0, 0.1) is 5.82 Å². The summed E-state index contributed by atoms with van der Waals surface area (Å²) in [5.74, 6) is -0.194. The molecule has 1 aliphatic heterocycles. The summed E-state index contributed by atoms with van der Waals surface area (Å²) in [6.45, 7) is 6.21. The van der Waals surface area contributed by atoms with Gasteiger partial charge in [-0.1, -0.05) is 37.8 Å². The van der Waals surface area contributed by atoms with E-state index in [1.54, 1.807) is 12.1 Å². The molecular weight excluding hydrogens is 346 g/mol. The van der Waals surface area contributed by atoms with Gasteiger partial charge in [-0.05, 0) is 30.2 Å². The van der Waals surface area contributed by atoms with Gasteiger partial charge in [0.05, 0.1) is 0 Å². The van der Waals surface area contributed by atoms with E-state index in [1.807, 2.05) is 0 Å². The van der Waals surface area contributed by atoms with Gasteiger partial charge in [-0.3, -0.25) is 4.90 Å². The molecule has 0 radical (unpaired) electrons. The van der Waals surface area contributed by atoms with Gasteiger partial charge >= 0.3 is 0 Å². The van der Waals surface area contributed by atoms with Crippen molar-refractivity contribution in [2.75, 3.05) is 26.2 Å². The van der Waals surface area contributed by atoms with E-state index >= 15 is 0 Å². The molecule has 1 aromatic carbocycles. The Kier molecular flexibility index (Phi) is 11.4. The van der Waals surface area contributed by atoms with Crippen LogP contribution in [0.1, 0.15) is 44.2 Å². The molecular formula is C16H26Cl3FN2. The van der Waals surface area contributed by atoms with Crippen molar-refractivity contribution in [3.63, 3.8) is 0 Å². The number of benzene rings is 1. The van der Waals surface area contributed by atoms with Crippen molar-refractivity contribution in [2.24, 2.45) is 0 Å². The lowest BCUT2D eigenvalue weighted by molar-refractivity contribution is 0.162. The molecule has 128 valence electrons. The third kappa shape index (κ3) is 6.21.